The van der Waals surface area contributed by atoms with Gasteiger partial charge in [-0.05, 0) is 48.9 Å². The summed E-state index contributed by atoms with van der Waals surface area (Å²) in [6, 6.07) is 16.2. The number of hydrogen-bond donors (Lipinski definition) is 0. The second-order valence-electron chi connectivity index (χ2n) is 5.92. The van der Waals surface area contributed by atoms with E-state index in [1.165, 1.54) is 0 Å². The smallest absolute Gasteiger partial charge is 0.306 e. The van der Waals surface area contributed by atoms with Crippen LogP contribution in [0.25, 0.3) is 11.1 Å². The highest BCUT2D eigenvalue weighted by Crippen LogP contribution is 2.28. The summed E-state index contributed by atoms with van der Waals surface area (Å²) in [4.78, 5) is 23.6. The Morgan fingerprint density at radius 1 is 0.769 bits per heavy atom. The maximum absolute atomic E-state index is 11.8. The van der Waals surface area contributed by atoms with Crippen LogP contribution in [0, 0.1) is 0 Å². The SMILES string of the molecule is CCOC(=O)CCc1cccc(-c2ccccc2)c1CCC(=O)OCC. The van der Waals surface area contributed by atoms with Crippen LogP contribution in [0.4, 0.5) is 0 Å². The van der Waals surface area contributed by atoms with Crippen molar-refractivity contribution in [2.75, 3.05) is 13.2 Å². The monoisotopic (exact) mass is 354 g/mol. The number of esters is 2. The first-order valence-electron chi connectivity index (χ1n) is 9.13. The first-order chi connectivity index (χ1) is 12.7. The first kappa shape index (κ1) is 19.7. The highest BCUT2D eigenvalue weighted by molar-refractivity contribution is 5.73. The number of ether oxygens (including phenoxy) is 2. The van der Waals surface area contributed by atoms with Crippen molar-refractivity contribution in [1.82, 2.24) is 0 Å². The van der Waals surface area contributed by atoms with Crippen LogP contribution in [0.1, 0.15) is 37.8 Å². The quantitative estimate of drug-likeness (QED) is 0.629. The van der Waals surface area contributed by atoms with Crippen molar-refractivity contribution < 1.29 is 19.1 Å². The van der Waals surface area contributed by atoms with Crippen molar-refractivity contribution in [2.24, 2.45) is 0 Å². The lowest BCUT2D eigenvalue weighted by Gasteiger charge is -2.15. The Morgan fingerprint density at radius 2 is 1.38 bits per heavy atom. The van der Waals surface area contributed by atoms with E-state index < -0.39 is 0 Å². The fourth-order valence-electron chi connectivity index (χ4n) is 2.98. The largest absolute Gasteiger partial charge is 0.466 e. The van der Waals surface area contributed by atoms with E-state index in [2.05, 4.69) is 18.2 Å². The van der Waals surface area contributed by atoms with Crippen molar-refractivity contribution in [3.05, 3.63) is 59.7 Å². The number of rotatable bonds is 9. The lowest BCUT2D eigenvalue weighted by atomic mass is 9.90. The molecule has 0 aliphatic heterocycles. The van der Waals surface area contributed by atoms with Crippen LogP contribution < -0.4 is 0 Å². The van der Waals surface area contributed by atoms with Crippen molar-refractivity contribution in [2.45, 2.75) is 39.5 Å². The summed E-state index contributed by atoms with van der Waals surface area (Å²) in [5.41, 5.74) is 4.36. The summed E-state index contributed by atoms with van der Waals surface area (Å²) in [6.07, 6.45) is 1.84. The Labute approximate surface area is 155 Å². The molecule has 0 heterocycles. The molecule has 0 radical (unpaired) electrons. The molecule has 0 N–H and O–H groups in total. The summed E-state index contributed by atoms with van der Waals surface area (Å²) >= 11 is 0. The molecular weight excluding hydrogens is 328 g/mol. The summed E-state index contributed by atoms with van der Waals surface area (Å²) in [7, 11) is 0. The second kappa shape index (κ2) is 10.4. The van der Waals surface area contributed by atoms with Crippen molar-refractivity contribution in [1.29, 1.82) is 0 Å². The summed E-state index contributed by atoms with van der Waals surface area (Å²) in [5, 5.41) is 0. The van der Waals surface area contributed by atoms with Gasteiger partial charge in [0, 0.05) is 12.8 Å². The van der Waals surface area contributed by atoms with E-state index in [1.807, 2.05) is 30.3 Å². The standard InChI is InChI=1S/C22H26O4/c1-3-25-21(23)15-13-18-11-8-12-19(17-9-6-5-7-10-17)20(18)14-16-22(24)26-4-2/h5-12H,3-4,13-16H2,1-2H3. The molecule has 2 rings (SSSR count). The van der Waals surface area contributed by atoms with Crippen LogP contribution in [0.5, 0.6) is 0 Å². The Morgan fingerprint density at radius 3 is 2.00 bits per heavy atom. The summed E-state index contributed by atoms with van der Waals surface area (Å²) in [6.45, 7) is 4.38. The molecule has 0 atom stereocenters. The maximum atomic E-state index is 11.8. The van der Waals surface area contributed by atoms with E-state index in [4.69, 9.17) is 9.47 Å². The lowest BCUT2D eigenvalue weighted by Crippen LogP contribution is -2.09. The highest BCUT2D eigenvalue weighted by Gasteiger charge is 2.14. The Bertz CT molecular complexity index is 722. The third-order valence-corrected chi connectivity index (χ3v) is 4.15. The molecule has 2 aromatic rings. The second-order valence-corrected chi connectivity index (χ2v) is 5.92. The molecule has 0 saturated heterocycles. The van der Waals surface area contributed by atoms with E-state index in [9.17, 15) is 9.59 Å². The van der Waals surface area contributed by atoms with Crippen molar-refractivity contribution in [3.8, 4) is 11.1 Å². The molecule has 26 heavy (non-hydrogen) atoms. The Hall–Kier alpha value is -2.62. The molecule has 4 nitrogen and oxygen atoms in total. The van der Waals surface area contributed by atoms with E-state index in [1.54, 1.807) is 13.8 Å². The van der Waals surface area contributed by atoms with Gasteiger partial charge in [-0.2, -0.15) is 0 Å². The molecule has 0 spiro atoms. The number of hydrogen-bond acceptors (Lipinski definition) is 4. The molecule has 0 aliphatic carbocycles. The van der Waals surface area contributed by atoms with Gasteiger partial charge in [-0.15, -0.1) is 0 Å². The van der Waals surface area contributed by atoms with Gasteiger partial charge in [-0.3, -0.25) is 9.59 Å². The first-order valence-corrected chi connectivity index (χ1v) is 9.13. The maximum Gasteiger partial charge on any atom is 0.306 e. The Kier molecular flexibility index (Phi) is 7.87. The van der Waals surface area contributed by atoms with Crippen LogP contribution >= 0.6 is 0 Å². The molecule has 0 amide bonds. The Balaban J connectivity index is 2.27. The van der Waals surface area contributed by atoms with Gasteiger partial charge in [0.2, 0.25) is 0 Å². The minimum atomic E-state index is -0.202. The van der Waals surface area contributed by atoms with E-state index in [-0.39, 0.29) is 11.9 Å². The van der Waals surface area contributed by atoms with Gasteiger partial charge in [0.25, 0.3) is 0 Å². The molecule has 4 heteroatoms. The van der Waals surface area contributed by atoms with Gasteiger partial charge in [0.15, 0.2) is 0 Å². The van der Waals surface area contributed by atoms with Gasteiger partial charge in [-0.25, -0.2) is 0 Å². The van der Waals surface area contributed by atoms with Gasteiger partial charge in [-0.1, -0.05) is 48.5 Å². The fourth-order valence-corrected chi connectivity index (χ4v) is 2.98. The van der Waals surface area contributed by atoms with Crippen LogP contribution in [0.15, 0.2) is 48.5 Å². The lowest BCUT2D eigenvalue weighted by molar-refractivity contribution is -0.144. The van der Waals surface area contributed by atoms with Crippen LogP contribution in [-0.2, 0) is 31.9 Å². The number of carbonyl (C=O) groups excluding carboxylic acids is 2. The van der Waals surface area contributed by atoms with Crippen LogP contribution in [0.2, 0.25) is 0 Å². The predicted molar refractivity (Wildman–Crippen MR) is 102 cm³/mol. The molecule has 0 saturated carbocycles. The van der Waals surface area contributed by atoms with Gasteiger partial charge in [0.1, 0.15) is 0 Å². The third kappa shape index (κ3) is 5.73. The zero-order chi connectivity index (χ0) is 18.8. The van der Waals surface area contributed by atoms with E-state index >= 15 is 0 Å². The molecule has 138 valence electrons. The molecule has 0 aromatic heterocycles. The van der Waals surface area contributed by atoms with Crippen LogP contribution in [-0.4, -0.2) is 25.2 Å². The zero-order valence-electron chi connectivity index (χ0n) is 15.5. The predicted octanol–water partition coefficient (Wildman–Crippen LogP) is 4.35. The van der Waals surface area contributed by atoms with Crippen molar-refractivity contribution >= 4 is 11.9 Å². The molecule has 0 fully saturated rings. The van der Waals surface area contributed by atoms with E-state index in [0.29, 0.717) is 38.9 Å². The molecule has 0 aliphatic rings. The molecule has 2 aromatic carbocycles. The molecular formula is C22H26O4. The van der Waals surface area contributed by atoms with Gasteiger partial charge >= 0.3 is 11.9 Å². The fraction of sp³-hybridized carbons (Fsp3) is 0.364. The summed E-state index contributed by atoms with van der Waals surface area (Å²) in [5.74, 6) is -0.402. The molecule has 0 bridgehead atoms. The normalized spacial score (nSPS) is 10.4. The molecule has 0 unspecified atom stereocenters. The van der Waals surface area contributed by atoms with Gasteiger partial charge < -0.3 is 9.47 Å². The summed E-state index contributed by atoms with van der Waals surface area (Å²) < 4.78 is 10.1. The van der Waals surface area contributed by atoms with Gasteiger partial charge in [0.05, 0.1) is 13.2 Å². The average molecular weight is 354 g/mol. The van der Waals surface area contributed by atoms with E-state index in [0.717, 1.165) is 22.3 Å². The number of carbonyl (C=O) groups is 2. The number of benzene rings is 2. The number of aryl methyl sites for hydroxylation is 1. The van der Waals surface area contributed by atoms with Crippen molar-refractivity contribution in [3.63, 3.8) is 0 Å². The minimum absolute atomic E-state index is 0.200. The highest BCUT2D eigenvalue weighted by atomic mass is 16.5. The topological polar surface area (TPSA) is 52.6 Å². The van der Waals surface area contributed by atoms with Crippen LogP contribution in [0.3, 0.4) is 0 Å². The minimum Gasteiger partial charge on any atom is -0.466 e. The average Bonchev–Trinajstić information content (AvgIpc) is 2.66. The zero-order valence-corrected chi connectivity index (χ0v) is 15.5. The third-order valence-electron chi connectivity index (χ3n) is 4.15.